The van der Waals surface area contributed by atoms with E-state index >= 15 is 0 Å². The second-order valence-electron chi connectivity index (χ2n) is 8.28. The molecule has 1 heterocycles. The molecule has 0 fully saturated rings. The van der Waals surface area contributed by atoms with Crippen molar-refractivity contribution >= 4 is 27.6 Å². The Bertz CT molecular complexity index is 1110. The summed E-state index contributed by atoms with van der Waals surface area (Å²) in [7, 11) is 0. The number of thiazole rings is 1. The van der Waals surface area contributed by atoms with Crippen LogP contribution >= 0.6 is 11.3 Å². The molecule has 184 valence electrons. The molecule has 0 bridgehead atoms. The number of phenols is 1. The summed E-state index contributed by atoms with van der Waals surface area (Å²) in [4.78, 5) is 30.3. The largest absolute Gasteiger partial charge is 0.506 e. The number of H-pyrrole nitrogens is 1. The van der Waals surface area contributed by atoms with Crippen molar-refractivity contribution in [1.82, 2.24) is 20.1 Å². The number of hydrogen-bond donors (Lipinski definition) is 4. The van der Waals surface area contributed by atoms with Crippen LogP contribution in [0.15, 0.2) is 47.3 Å². The monoisotopic (exact) mass is 486 g/mol. The van der Waals surface area contributed by atoms with Crippen LogP contribution in [-0.4, -0.2) is 76.9 Å². The van der Waals surface area contributed by atoms with Crippen LogP contribution in [0.2, 0.25) is 0 Å². The standard InChI is InChI=1S/C25H34N4O4S/c1-3-28(4-2)14-12-26-13-15-29(25(32)33)17-19(16-18-8-6-5-7-9-18)20-10-11-21(30)22-23(20)34-24(31)27-22/h5-11,19,26,30H,3-4,12-17H2,1-2H3,(H,27,31)(H,32,33). The van der Waals surface area contributed by atoms with E-state index in [9.17, 15) is 19.8 Å². The van der Waals surface area contributed by atoms with Crippen LogP contribution in [-0.2, 0) is 6.42 Å². The third kappa shape index (κ3) is 6.82. The number of likely N-dealkylation sites (N-methyl/N-ethyl adjacent to an activating group) is 1. The van der Waals surface area contributed by atoms with E-state index in [0.717, 1.165) is 48.6 Å². The highest BCUT2D eigenvalue weighted by atomic mass is 32.1. The number of rotatable bonds is 13. The second-order valence-corrected chi connectivity index (χ2v) is 9.27. The lowest BCUT2D eigenvalue weighted by Gasteiger charge is -2.27. The van der Waals surface area contributed by atoms with Gasteiger partial charge in [0.25, 0.3) is 0 Å². The number of nitrogens with one attached hydrogen (secondary N) is 2. The number of aromatic amines is 1. The third-order valence-electron chi connectivity index (χ3n) is 6.12. The maximum absolute atomic E-state index is 12.1. The summed E-state index contributed by atoms with van der Waals surface area (Å²) in [5.41, 5.74) is 2.35. The lowest BCUT2D eigenvalue weighted by atomic mass is 9.91. The molecule has 1 aromatic heterocycles. The minimum atomic E-state index is -0.971. The quantitative estimate of drug-likeness (QED) is 0.275. The molecule has 0 radical (unpaired) electrons. The van der Waals surface area contributed by atoms with Crippen LogP contribution in [0.3, 0.4) is 0 Å². The number of hydrogen-bond acceptors (Lipinski definition) is 6. The number of amides is 1. The zero-order valence-electron chi connectivity index (χ0n) is 19.8. The van der Waals surface area contributed by atoms with Gasteiger partial charge in [0, 0.05) is 38.6 Å². The van der Waals surface area contributed by atoms with Gasteiger partial charge in [0.1, 0.15) is 11.3 Å². The Labute approximate surface area is 203 Å². The van der Waals surface area contributed by atoms with Crippen molar-refractivity contribution in [3.8, 4) is 5.75 Å². The average Bonchev–Trinajstić information content (AvgIpc) is 3.23. The van der Waals surface area contributed by atoms with Crippen molar-refractivity contribution in [2.24, 2.45) is 0 Å². The molecule has 0 saturated heterocycles. The Morgan fingerprint density at radius 3 is 2.47 bits per heavy atom. The Morgan fingerprint density at radius 2 is 1.79 bits per heavy atom. The Kier molecular flexibility index (Phi) is 9.50. The summed E-state index contributed by atoms with van der Waals surface area (Å²) in [6, 6.07) is 13.3. The number of fused-ring (bicyclic) bond motifs is 1. The van der Waals surface area contributed by atoms with Crippen molar-refractivity contribution < 1.29 is 15.0 Å². The number of carbonyl (C=O) groups is 1. The summed E-state index contributed by atoms with van der Waals surface area (Å²) >= 11 is 1.04. The van der Waals surface area contributed by atoms with Crippen molar-refractivity contribution in [1.29, 1.82) is 0 Å². The molecule has 0 saturated carbocycles. The van der Waals surface area contributed by atoms with Crippen LogP contribution < -0.4 is 10.2 Å². The Hall–Kier alpha value is -2.88. The maximum atomic E-state index is 12.1. The van der Waals surface area contributed by atoms with Crippen molar-refractivity contribution in [3.05, 3.63) is 63.3 Å². The van der Waals surface area contributed by atoms with Gasteiger partial charge in [0.05, 0.1) is 4.70 Å². The fraction of sp³-hybridized carbons (Fsp3) is 0.440. The van der Waals surface area contributed by atoms with Gasteiger partial charge in [-0.05, 0) is 36.7 Å². The highest BCUT2D eigenvalue weighted by molar-refractivity contribution is 7.16. The van der Waals surface area contributed by atoms with Gasteiger partial charge in [-0.25, -0.2) is 4.79 Å². The van der Waals surface area contributed by atoms with Gasteiger partial charge in [-0.3, -0.25) is 4.79 Å². The van der Waals surface area contributed by atoms with E-state index in [0.29, 0.717) is 29.7 Å². The first-order valence-corrected chi connectivity index (χ1v) is 12.5. The van der Waals surface area contributed by atoms with Gasteiger partial charge in [-0.1, -0.05) is 61.6 Å². The topological polar surface area (TPSA) is 109 Å². The van der Waals surface area contributed by atoms with E-state index < -0.39 is 6.09 Å². The zero-order valence-corrected chi connectivity index (χ0v) is 20.6. The van der Waals surface area contributed by atoms with E-state index in [4.69, 9.17) is 0 Å². The number of aromatic hydroxyl groups is 1. The summed E-state index contributed by atoms with van der Waals surface area (Å²) in [6.07, 6.45) is -0.354. The molecule has 34 heavy (non-hydrogen) atoms. The molecule has 1 amide bonds. The van der Waals surface area contributed by atoms with Crippen molar-refractivity contribution in [2.45, 2.75) is 26.2 Å². The lowest BCUT2D eigenvalue weighted by Crippen LogP contribution is -2.40. The SMILES string of the molecule is CCN(CC)CCNCCN(CC(Cc1ccccc1)c1ccc(O)c2[nH]c(=O)sc12)C(=O)O. The van der Waals surface area contributed by atoms with Crippen LogP contribution in [0.5, 0.6) is 5.75 Å². The lowest BCUT2D eigenvalue weighted by molar-refractivity contribution is 0.142. The Morgan fingerprint density at radius 1 is 1.09 bits per heavy atom. The van der Waals surface area contributed by atoms with Gasteiger partial charge in [-0.15, -0.1) is 0 Å². The first kappa shape index (κ1) is 25.7. The summed E-state index contributed by atoms with van der Waals surface area (Å²) in [5, 5.41) is 23.5. The third-order valence-corrected chi connectivity index (χ3v) is 7.05. The van der Waals surface area contributed by atoms with Gasteiger partial charge < -0.3 is 30.3 Å². The van der Waals surface area contributed by atoms with E-state index in [1.165, 1.54) is 4.90 Å². The molecule has 0 aliphatic heterocycles. The van der Waals surface area contributed by atoms with E-state index in [1.54, 1.807) is 12.1 Å². The van der Waals surface area contributed by atoms with Crippen LogP contribution in [0.25, 0.3) is 10.2 Å². The van der Waals surface area contributed by atoms with Gasteiger partial charge >= 0.3 is 11.0 Å². The summed E-state index contributed by atoms with van der Waals surface area (Å²) in [5.74, 6) is -0.160. The molecular weight excluding hydrogens is 452 g/mol. The first-order chi connectivity index (χ1) is 16.4. The summed E-state index contributed by atoms with van der Waals surface area (Å²) < 4.78 is 0.675. The Balaban J connectivity index is 1.78. The summed E-state index contributed by atoms with van der Waals surface area (Å²) in [6.45, 7) is 9.19. The molecule has 0 aliphatic rings. The molecule has 2 aromatic carbocycles. The number of aromatic nitrogens is 1. The highest BCUT2D eigenvalue weighted by Gasteiger charge is 2.23. The van der Waals surface area contributed by atoms with Crippen LogP contribution in [0.1, 0.15) is 30.9 Å². The fourth-order valence-electron chi connectivity index (χ4n) is 4.18. The molecule has 3 rings (SSSR count). The molecule has 0 spiro atoms. The van der Waals surface area contributed by atoms with Crippen molar-refractivity contribution in [2.75, 3.05) is 45.8 Å². The average molecular weight is 487 g/mol. The normalized spacial score (nSPS) is 12.3. The smallest absolute Gasteiger partial charge is 0.407 e. The predicted molar refractivity (Wildman–Crippen MR) is 137 cm³/mol. The maximum Gasteiger partial charge on any atom is 0.407 e. The molecule has 8 nitrogen and oxygen atoms in total. The minimum absolute atomic E-state index is 0.0167. The van der Waals surface area contributed by atoms with E-state index in [2.05, 4.69) is 29.0 Å². The van der Waals surface area contributed by atoms with Gasteiger partial charge in [0.2, 0.25) is 0 Å². The van der Waals surface area contributed by atoms with Gasteiger partial charge in [-0.2, -0.15) is 0 Å². The van der Waals surface area contributed by atoms with Crippen LogP contribution in [0.4, 0.5) is 4.79 Å². The number of phenolic OH excluding ortho intramolecular Hbond substituents is 1. The predicted octanol–water partition coefficient (Wildman–Crippen LogP) is 3.53. The number of nitrogens with zero attached hydrogens (tertiary/aromatic N) is 2. The molecule has 0 aliphatic carbocycles. The second kappa shape index (κ2) is 12.5. The van der Waals surface area contributed by atoms with E-state index in [-0.39, 0.29) is 23.1 Å². The molecule has 1 atom stereocenters. The zero-order chi connectivity index (χ0) is 24.5. The highest BCUT2D eigenvalue weighted by Crippen LogP contribution is 2.34. The number of carboxylic acid groups (broad SMARTS) is 1. The van der Waals surface area contributed by atoms with Crippen LogP contribution in [0, 0.1) is 0 Å². The van der Waals surface area contributed by atoms with Crippen molar-refractivity contribution in [3.63, 3.8) is 0 Å². The van der Waals surface area contributed by atoms with Gasteiger partial charge in [0.15, 0.2) is 0 Å². The minimum Gasteiger partial charge on any atom is -0.506 e. The molecular formula is C25H34N4O4S. The molecule has 4 N–H and O–H groups in total. The molecule has 9 heteroatoms. The van der Waals surface area contributed by atoms with E-state index in [1.807, 2.05) is 30.3 Å². The number of benzene rings is 2. The first-order valence-electron chi connectivity index (χ1n) is 11.7. The molecule has 1 unspecified atom stereocenters. The molecule has 3 aromatic rings. The fourth-order valence-corrected chi connectivity index (χ4v) is 5.13.